The predicted octanol–water partition coefficient (Wildman–Crippen LogP) is 2.03. The second-order valence-electron chi connectivity index (χ2n) is 4.44. The van der Waals surface area contributed by atoms with E-state index in [1.165, 1.54) is 25.3 Å². The summed E-state index contributed by atoms with van der Waals surface area (Å²) in [6.07, 6.45) is -0.720. The van der Waals surface area contributed by atoms with Crippen molar-refractivity contribution in [3.05, 3.63) is 23.8 Å². The maximum absolute atomic E-state index is 12.2. The number of aromatic carboxylic acids is 1. The minimum atomic E-state index is -1.06. The van der Waals surface area contributed by atoms with Crippen LogP contribution >= 0.6 is 0 Å². The van der Waals surface area contributed by atoms with Gasteiger partial charge in [0.2, 0.25) is 0 Å². The Kier molecular flexibility index (Phi) is 6.02. The number of ether oxygens (including phenoxy) is 2. The van der Waals surface area contributed by atoms with Gasteiger partial charge in [0.15, 0.2) is 17.6 Å². The van der Waals surface area contributed by atoms with Gasteiger partial charge in [0, 0.05) is 13.1 Å². The third-order valence-electron chi connectivity index (χ3n) is 3.14. The van der Waals surface area contributed by atoms with Gasteiger partial charge in [0.1, 0.15) is 0 Å². The second kappa shape index (κ2) is 7.52. The quantitative estimate of drug-likeness (QED) is 0.833. The summed E-state index contributed by atoms with van der Waals surface area (Å²) in [5.41, 5.74) is 0.0771. The van der Waals surface area contributed by atoms with Crippen LogP contribution in [0.3, 0.4) is 0 Å². The van der Waals surface area contributed by atoms with Crippen molar-refractivity contribution in [1.29, 1.82) is 0 Å². The van der Waals surface area contributed by atoms with Gasteiger partial charge in [0.25, 0.3) is 5.91 Å². The number of carbonyl (C=O) groups excluding carboxylic acids is 1. The fraction of sp³-hybridized carbons (Fsp3) is 0.467. The van der Waals surface area contributed by atoms with E-state index in [0.29, 0.717) is 18.8 Å². The average molecular weight is 295 g/mol. The number of methoxy groups -OCH3 is 1. The molecule has 1 N–H and O–H groups in total. The Balaban J connectivity index is 2.97. The first kappa shape index (κ1) is 16.8. The number of carboxylic acid groups (broad SMARTS) is 1. The molecule has 6 nitrogen and oxygen atoms in total. The highest BCUT2D eigenvalue weighted by Crippen LogP contribution is 2.29. The van der Waals surface area contributed by atoms with Gasteiger partial charge in [-0.25, -0.2) is 4.79 Å². The summed E-state index contributed by atoms with van der Waals surface area (Å²) in [6, 6.07) is 4.28. The van der Waals surface area contributed by atoms with Crippen molar-refractivity contribution in [3.63, 3.8) is 0 Å². The molecular weight excluding hydrogens is 274 g/mol. The zero-order chi connectivity index (χ0) is 16.0. The molecule has 6 heteroatoms. The van der Waals surface area contributed by atoms with Crippen molar-refractivity contribution in [2.24, 2.45) is 0 Å². The van der Waals surface area contributed by atoms with Crippen LogP contribution in [-0.4, -0.2) is 48.2 Å². The molecule has 0 saturated heterocycles. The maximum atomic E-state index is 12.2. The third kappa shape index (κ3) is 4.11. The van der Waals surface area contributed by atoms with Crippen LogP contribution < -0.4 is 9.47 Å². The average Bonchev–Trinajstić information content (AvgIpc) is 2.48. The molecule has 1 amide bonds. The van der Waals surface area contributed by atoms with Gasteiger partial charge in [-0.1, -0.05) is 0 Å². The highest BCUT2D eigenvalue weighted by atomic mass is 16.5. The van der Waals surface area contributed by atoms with Crippen LogP contribution in [0.15, 0.2) is 18.2 Å². The van der Waals surface area contributed by atoms with E-state index in [1.54, 1.807) is 11.8 Å². The molecule has 0 heterocycles. The maximum Gasteiger partial charge on any atom is 0.335 e. The van der Waals surface area contributed by atoms with E-state index in [0.717, 1.165) is 0 Å². The molecule has 0 aliphatic heterocycles. The lowest BCUT2D eigenvalue weighted by Gasteiger charge is -2.24. The second-order valence-corrected chi connectivity index (χ2v) is 4.44. The first-order chi connectivity index (χ1) is 9.94. The largest absolute Gasteiger partial charge is 0.493 e. The lowest BCUT2D eigenvalue weighted by molar-refractivity contribution is -0.137. The van der Waals surface area contributed by atoms with Crippen molar-refractivity contribution in [1.82, 2.24) is 4.90 Å². The summed E-state index contributed by atoms with van der Waals surface area (Å²) in [5, 5.41) is 9.01. The van der Waals surface area contributed by atoms with Crippen molar-refractivity contribution in [2.75, 3.05) is 20.2 Å². The summed E-state index contributed by atoms with van der Waals surface area (Å²) in [7, 11) is 1.46. The monoisotopic (exact) mass is 295 g/mol. The fourth-order valence-corrected chi connectivity index (χ4v) is 1.94. The van der Waals surface area contributed by atoms with Gasteiger partial charge in [-0.2, -0.15) is 0 Å². The summed E-state index contributed by atoms with van der Waals surface area (Å²) in [5.74, 6) is -0.586. The van der Waals surface area contributed by atoms with E-state index in [1.807, 2.05) is 13.8 Å². The molecule has 0 fully saturated rings. The number of carboxylic acids is 1. The topological polar surface area (TPSA) is 76.1 Å². The third-order valence-corrected chi connectivity index (χ3v) is 3.14. The minimum absolute atomic E-state index is 0.0771. The SMILES string of the molecule is CCN(CC)C(=O)C(C)Oc1cc(C(=O)O)ccc1OC. The Labute approximate surface area is 124 Å². The molecule has 0 bridgehead atoms. The molecule has 116 valence electrons. The zero-order valence-corrected chi connectivity index (χ0v) is 12.8. The highest BCUT2D eigenvalue weighted by molar-refractivity contribution is 5.88. The fourth-order valence-electron chi connectivity index (χ4n) is 1.94. The standard InChI is InChI=1S/C15H21NO5/c1-5-16(6-2)14(17)10(3)21-13-9-11(15(18)19)7-8-12(13)20-4/h7-10H,5-6H2,1-4H3,(H,18,19). The van der Waals surface area contributed by atoms with E-state index in [2.05, 4.69) is 0 Å². The number of hydrogen-bond acceptors (Lipinski definition) is 4. The molecule has 21 heavy (non-hydrogen) atoms. The Morgan fingerprint density at radius 3 is 2.33 bits per heavy atom. The molecule has 1 aromatic carbocycles. The van der Waals surface area contributed by atoms with Gasteiger partial charge in [-0.15, -0.1) is 0 Å². The molecule has 1 rings (SSSR count). The van der Waals surface area contributed by atoms with Crippen LogP contribution in [0.25, 0.3) is 0 Å². The summed E-state index contributed by atoms with van der Waals surface area (Å²) in [6.45, 7) is 6.59. The van der Waals surface area contributed by atoms with Crippen LogP contribution in [0.1, 0.15) is 31.1 Å². The molecule has 1 atom stereocenters. The van der Waals surface area contributed by atoms with Crippen LogP contribution in [0, 0.1) is 0 Å². The summed E-state index contributed by atoms with van der Waals surface area (Å²) >= 11 is 0. The van der Waals surface area contributed by atoms with Gasteiger partial charge >= 0.3 is 5.97 Å². The Hall–Kier alpha value is -2.24. The van der Waals surface area contributed by atoms with E-state index >= 15 is 0 Å². The van der Waals surface area contributed by atoms with Gasteiger partial charge in [0.05, 0.1) is 12.7 Å². The van der Waals surface area contributed by atoms with Crippen molar-refractivity contribution in [2.45, 2.75) is 26.9 Å². The first-order valence-corrected chi connectivity index (χ1v) is 6.81. The minimum Gasteiger partial charge on any atom is -0.493 e. The van der Waals surface area contributed by atoms with E-state index < -0.39 is 12.1 Å². The van der Waals surface area contributed by atoms with Crippen LogP contribution in [0.4, 0.5) is 0 Å². The van der Waals surface area contributed by atoms with E-state index in [-0.39, 0.29) is 17.2 Å². The predicted molar refractivity (Wildman–Crippen MR) is 78.0 cm³/mol. The summed E-state index contributed by atoms with van der Waals surface area (Å²) < 4.78 is 10.7. The number of rotatable bonds is 7. The molecule has 0 aliphatic rings. The molecule has 1 unspecified atom stereocenters. The Bertz CT molecular complexity index is 511. The van der Waals surface area contributed by atoms with Crippen molar-refractivity contribution >= 4 is 11.9 Å². The lowest BCUT2D eigenvalue weighted by Crippen LogP contribution is -2.40. The van der Waals surface area contributed by atoms with Crippen LogP contribution in [0.5, 0.6) is 11.5 Å². The molecule has 1 aromatic rings. The number of hydrogen-bond donors (Lipinski definition) is 1. The number of likely N-dealkylation sites (N-methyl/N-ethyl adjacent to an activating group) is 1. The normalized spacial score (nSPS) is 11.6. The van der Waals surface area contributed by atoms with E-state index in [9.17, 15) is 9.59 Å². The molecular formula is C15H21NO5. The Morgan fingerprint density at radius 2 is 1.86 bits per heavy atom. The molecule has 0 radical (unpaired) electrons. The molecule has 0 aliphatic carbocycles. The van der Waals surface area contributed by atoms with Crippen LogP contribution in [-0.2, 0) is 4.79 Å². The Morgan fingerprint density at radius 1 is 1.24 bits per heavy atom. The molecule has 0 spiro atoms. The van der Waals surface area contributed by atoms with E-state index in [4.69, 9.17) is 14.6 Å². The highest BCUT2D eigenvalue weighted by Gasteiger charge is 2.21. The van der Waals surface area contributed by atoms with Crippen LogP contribution in [0.2, 0.25) is 0 Å². The number of nitrogens with zero attached hydrogens (tertiary/aromatic N) is 1. The van der Waals surface area contributed by atoms with Crippen molar-refractivity contribution < 1.29 is 24.2 Å². The lowest BCUT2D eigenvalue weighted by atomic mass is 10.2. The number of carbonyl (C=O) groups is 2. The molecule has 0 aromatic heterocycles. The number of amides is 1. The zero-order valence-electron chi connectivity index (χ0n) is 12.8. The summed E-state index contributed by atoms with van der Waals surface area (Å²) in [4.78, 5) is 24.8. The number of benzene rings is 1. The molecule has 0 saturated carbocycles. The van der Waals surface area contributed by atoms with Gasteiger partial charge < -0.3 is 19.5 Å². The first-order valence-electron chi connectivity index (χ1n) is 6.81. The van der Waals surface area contributed by atoms with Crippen molar-refractivity contribution in [3.8, 4) is 11.5 Å². The smallest absolute Gasteiger partial charge is 0.335 e. The van der Waals surface area contributed by atoms with Gasteiger partial charge in [-0.05, 0) is 39.0 Å². The van der Waals surface area contributed by atoms with Gasteiger partial charge in [-0.3, -0.25) is 4.79 Å².